The zero-order valence-electron chi connectivity index (χ0n) is 9.61. The van der Waals surface area contributed by atoms with Crippen molar-refractivity contribution in [1.82, 2.24) is 0 Å². The molecule has 1 aliphatic rings. The van der Waals surface area contributed by atoms with Crippen molar-refractivity contribution in [3.63, 3.8) is 0 Å². The van der Waals surface area contributed by atoms with Gasteiger partial charge in [-0.1, -0.05) is 0 Å². The van der Waals surface area contributed by atoms with Crippen LogP contribution in [0.3, 0.4) is 0 Å². The van der Waals surface area contributed by atoms with E-state index in [2.05, 4.69) is 60.7 Å². The minimum absolute atomic E-state index is 0. The van der Waals surface area contributed by atoms with E-state index in [1.807, 2.05) is 0 Å². The Hall–Kier alpha value is -0.370. The third kappa shape index (κ3) is 2.79. The number of hydrogen-bond donors (Lipinski definition) is 0. The topological polar surface area (TPSA) is 0 Å². The summed E-state index contributed by atoms with van der Waals surface area (Å²) in [5.41, 5.74) is 5.78. The number of rotatable bonds is 1. The van der Waals surface area contributed by atoms with Crippen molar-refractivity contribution < 1.29 is 49.2 Å². The molecular weight excluding hydrogens is 430 g/mol. The Bertz CT molecular complexity index is 549. The summed E-state index contributed by atoms with van der Waals surface area (Å²) in [4.78, 5) is 0. The Labute approximate surface area is 135 Å². The van der Waals surface area contributed by atoms with Gasteiger partial charge in [0.05, 0.1) is 0 Å². The first-order valence-corrected chi connectivity index (χ1v) is 7.51. The van der Waals surface area contributed by atoms with Gasteiger partial charge in [0.15, 0.2) is 0 Å². The van der Waals surface area contributed by atoms with Gasteiger partial charge < -0.3 is 24.8 Å². The number of halogens is 2. The minimum atomic E-state index is 0. The summed E-state index contributed by atoms with van der Waals surface area (Å²) in [5.74, 6) is 0. The van der Waals surface area contributed by atoms with Crippen LogP contribution < -0.4 is 24.8 Å². The Kier molecular flexibility index (Phi) is 5.84. The summed E-state index contributed by atoms with van der Waals surface area (Å²) in [6, 6.07) is 19.5. The van der Waals surface area contributed by atoms with Gasteiger partial charge in [0, 0.05) is 0 Å². The SMILES string of the molecule is [Cl-].[Cl-].[Hf+2][CH]1C(c2ccccc2)=Cc2ccccc21. The molecule has 0 N–H and O–H groups in total. The maximum atomic E-state index is 2.35. The molecule has 2 aromatic rings. The monoisotopic (exact) mass is 441 g/mol. The summed E-state index contributed by atoms with van der Waals surface area (Å²) < 4.78 is 0.651. The molecule has 0 fully saturated rings. The van der Waals surface area contributed by atoms with Crippen LogP contribution in [0.2, 0.25) is 0 Å². The second-order valence-electron chi connectivity index (χ2n) is 4.03. The molecule has 0 aromatic heterocycles. The molecule has 0 saturated carbocycles. The van der Waals surface area contributed by atoms with Gasteiger partial charge >= 0.3 is 111 Å². The van der Waals surface area contributed by atoms with Crippen LogP contribution in [0.1, 0.15) is 20.4 Å². The summed E-state index contributed by atoms with van der Waals surface area (Å²) in [6.07, 6.45) is 2.35. The van der Waals surface area contributed by atoms with Gasteiger partial charge in [-0.3, -0.25) is 0 Å². The van der Waals surface area contributed by atoms with E-state index in [0.29, 0.717) is 3.67 Å². The molecule has 1 atom stereocenters. The van der Waals surface area contributed by atoms with Crippen LogP contribution in [0.25, 0.3) is 11.6 Å². The Morgan fingerprint density at radius 1 is 0.778 bits per heavy atom. The summed E-state index contributed by atoms with van der Waals surface area (Å²) in [7, 11) is 0. The first-order chi connectivity index (χ1) is 7.86. The Morgan fingerprint density at radius 2 is 1.39 bits per heavy atom. The fraction of sp³-hybridized carbons (Fsp3) is 0.0667. The van der Waals surface area contributed by atoms with Crippen molar-refractivity contribution >= 4 is 11.6 Å². The summed E-state index contributed by atoms with van der Waals surface area (Å²) >= 11 is 1.18. The molecule has 0 amide bonds. The standard InChI is InChI=1S/C15H11.2ClH.Hf/c1-2-6-12(7-3-1)15-10-13-8-4-5-9-14(13)11-15;;;/h1-11H;2*1H;/q;;;+2/p-2. The normalized spacial score (nSPS) is 16.1. The van der Waals surface area contributed by atoms with E-state index in [0.717, 1.165) is 0 Å². The fourth-order valence-corrected chi connectivity index (χ4v) is 4.05. The van der Waals surface area contributed by atoms with E-state index in [9.17, 15) is 0 Å². The predicted molar refractivity (Wildman–Crippen MR) is 63.5 cm³/mol. The van der Waals surface area contributed by atoms with Gasteiger partial charge in [-0.05, 0) is 0 Å². The second kappa shape index (κ2) is 6.70. The van der Waals surface area contributed by atoms with Crippen LogP contribution in [0.4, 0.5) is 0 Å². The van der Waals surface area contributed by atoms with Crippen molar-refractivity contribution in [2.24, 2.45) is 0 Å². The summed E-state index contributed by atoms with van der Waals surface area (Å²) in [6.45, 7) is 0. The quantitative estimate of drug-likeness (QED) is 0.443. The van der Waals surface area contributed by atoms with Gasteiger partial charge in [0.2, 0.25) is 0 Å². The van der Waals surface area contributed by atoms with E-state index in [-0.39, 0.29) is 24.8 Å². The molecule has 0 saturated heterocycles. The van der Waals surface area contributed by atoms with E-state index >= 15 is 0 Å². The third-order valence-electron chi connectivity index (χ3n) is 3.04. The van der Waals surface area contributed by atoms with Crippen LogP contribution >= 0.6 is 0 Å². The molecule has 0 heterocycles. The molecule has 1 unspecified atom stereocenters. The van der Waals surface area contributed by atoms with Gasteiger partial charge in [0.25, 0.3) is 0 Å². The van der Waals surface area contributed by atoms with Crippen molar-refractivity contribution in [3.8, 4) is 0 Å². The molecule has 0 spiro atoms. The number of benzene rings is 2. The van der Waals surface area contributed by atoms with E-state index in [1.54, 1.807) is 0 Å². The zero-order chi connectivity index (χ0) is 11.0. The van der Waals surface area contributed by atoms with Gasteiger partial charge in [-0.25, -0.2) is 0 Å². The van der Waals surface area contributed by atoms with Crippen molar-refractivity contribution in [1.29, 1.82) is 0 Å². The van der Waals surface area contributed by atoms with Gasteiger partial charge in [-0.15, -0.1) is 0 Å². The van der Waals surface area contributed by atoms with Crippen LogP contribution in [0, 0.1) is 0 Å². The van der Waals surface area contributed by atoms with Crippen molar-refractivity contribution in [2.45, 2.75) is 3.67 Å². The van der Waals surface area contributed by atoms with Gasteiger partial charge in [-0.2, -0.15) is 0 Å². The Balaban J connectivity index is 0.000000810. The molecule has 18 heavy (non-hydrogen) atoms. The second-order valence-corrected chi connectivity index (χ2v) is 6.10. The third-order valence-corrected chi connectivity index (χ3v) is 5.27. The molecule has 3 heteroatoms. The molecular formula is C15H11Cl2Hf. The molecule has 89 valence electrons. The molecule has 0 bridgehead atoms. The zero-order valence-corrected chi connectivity index (χ0v) is 14.7. The van der Waals surface area contributed by atoms with E-state index in [1.165, 1.54) is 46.6 Å². The number of allylic oxidation sites excluding steroid dienone is 1. The predicted octanol–water partition coefficient (Wildman–Crippen LogP) is -2.16. The first-order valence-electron chi connectivity index (χ1n) is 5.43. The van der Waals surface area contributed by atoms with Crippen LogP contribution in [-0.4, -0.2) is 0 Å². The molecule has 3 rings (SSSR count). The van der Waals surface area contributed by atoms with Crippen LogP contribution in [-0.2, 0) is 24.4 Å². The van der Waals surface area contributed by atoms with E-state index in [4.69, 9.17) is 0 Å². The van der Waals surface area contributed by atoms with Crippen LogP contribution in [0.5, 0.6) is 0 Å². The maximum absolute atomic E-state index is 2.35. The summed E-state index contributed by atoms with van der Waals surface area (Å²) in [5, 5.41) is 0. The molecule has 0 aliphatic heterocycles. The van der Waals surface area contributed by atoms with Crippen LogP contribution in [0.15, 0.2) is 54.6 Å². The molecule has 2 aromatic carbocycles. The number of fused-ring (bicyclic) bond motifs is 1. The molecule has 0 radical (unpaired) electrons. The van der Waals surface area contributed by atoms with Crippen molar-refractivity contribution in [3.05, 3.63) is 71.3 Å². The average molecular weight is 441 g/mol. The number of hydrogen-bond acceptors (Lipinski definition) is 0. The molecule has 1 aliphatic carbocycles. The first kappa shape index (κ1) is 15.7. The van der Waals surface area contributed by atoms with Gasteiger partial charge in [0.1, 0.15) is 0 Å². The molecule has 0 nitrogen and oxygen atoms in total. The fourth-order valence-electron chi connectivity index (χ4n) is 2.20. The van der Waals surface area contributed by atoms with Crippen molar-refractivity contribution in [2.75, 3.05) is 0 Å². The average Bonchev–Trinajstić information content (AvgIpc) is 2.69. The Morgan fingerprint density at radius 3 is 2.06 bits per heavy atom. The van der Waals surface area contributed by atoms with E-state index < -0.39 is 0 Å².